The van der Waals surface area contributed by atoms with Crippen LogP contribution in [-0.2, 0) is 4.79 Å². The van der Waals surface area contributed by atoms with Crippen LogP contribution in [0.3, 0.4) is 0 Å². The fourth-order valence-electron chi connectivity index (χ4n) is 2.61. The van der Waals surface area contributed by atoms with Crippen molar-refractivity contribution in [1.82, 2.24) is 9.97 Å². The van der Waals surface area contributed by atoms with Gasteiger partial charge in [-0.1, -0.05) is 0 Å². The van der Waals surface area contributed by atoms with Crippen LogP contribution in [0.1, 0.15) is 18.4 Å². The van der Waals surface area contributed by atoms with E-state index in [1.807, 2.05) is 6.92 Å². The van der Waals surface area contributed by atoms with E-state index in [-0.39, 0.29) is 17.6 Å². The molecular weight excluding hydrogens is 333 g/mol. The van der Waals surface area contributed by atoms with Gasteiger partial charge in [0.1, 0.15) is 17.4 Å². The van der Waals surface area contributed by atoms with Gasteiger partial charge in [-0.05, 0) is 54.4 Å². The molecule has 0 aliphatic heterocycles. The molecule has 0 spiro atoms. The number of pyridine rings is 2. The van der Waals surface area contributed by atoms with Crippen molar-refractivity contribution in [2.45, 2.75) is 12.8 Å². The van der Waals surface area contributed by atoms with Gasteiger partial charge in [-0.15, -0.1) is 0 Å². The van der Waals surface area contributed by atoms with Gasteiger partial charge in [0, 0.05) is 30.2 Å². The first-order chi connectivity index (χ1) is 12.6. The average Bonchev–Trinajstić information content (AvgIpc) is 2.68. The number of nitrogens with one attached hydrogen (secondary N) is 1. The molecule has 26 heavy (non-hydrogen) atoms. The van der Waals surface area contributed by atoms with Crippen LogP contribution < -0.4 is 10.1 Å². The first-order valence-corrected chi connectivity index (χ1v) is 8.09. The molecule has 0 aliphatic rings. The number of halogens is 1. The number of amides is 1. The van der Waals surface area contributed by atoms with Gasteiger partial charge in [0.2, 0.25) is 5.91 Å². The summed E-state index contributed by atoms with van der Waals surface area (Å²) in [5, 5.41) is 2.81. The molecule has 1 unspecified atom stereocenters. The van der Waals surface area contributed by atoms with Crippen LogP contribution in [0.4, 0.5) is 10.2 Å². The van der Waals surface area contributed by atoms with Crippen LogP contribution in [0.25, 0.3) is 11.1 Å². The van der Waals surface area contributed by atoms with Gasteiger partial charge in [-0.2, -0.15) is 0 Å². The Morgan fingerprint density at radius 3 is 2.62 bits per heavy atom. The lowest BCUT2D eigenvalue weighted by atomic mass is 10.0. The van der Waals surface area contributed by atoms with Crippen molar-refractivity contribution < 1.29 is 13.9 Å². The van der Waals surface area contributed by atoms with E-state index in [1.54, 1.807) is 48.9 Å². The van der Waals surface area contributed by atoms with E-state index < -0.39 is 0 Å². The average molecular weight is 351 g/mol. The number of rotatable bonds is 5. The molecule has 0 saturated carbocycles. The maximum Gasteiger partial charge on any atom is 0.232 e. The topological polar surface area (TPSA) is 64.1 Å². The van der Waals surface area contributed by atoms with Crippen LogP contribution in [0.5, 0.6) is 5.75 Å². The van der Waals surface area contributed by atoms with Gasteiger partial charge < -0.3 is 10.1 Å². The Morgan fingerprint density at radius 1 is 1.12 bits per heavy atom. The summed E-state index contributed by atoms with van der Waals surface area (Å²) in [6.45, 7) is 1.82. The molecule has 0 saturated heterocycles. The lowest BCUT2D eigenvalue weighted by molar-refractivity contribution is -0.117. The molecule has 0 bridgehead atoms. The van der Waals surface area contributed by atoms with Crippen LogP contribution >= 0.6 is 0 Å². The Balaban J connectivity index is 1.83. The van der Waals surface area contributed by atoms with Crippen molar-refractivity contribution in [1.29, 1.82) is 0 Å². The number of aromatic nitrogens is 2. The number of anilines is 1. The molecule has 2 heterocycles. The van der Waals surface area contributed by atoms with E-state index in [2.05, 4.69) is 15.3 Å². The highest BCUT2D eigenvalue weighted by atomic mass is 19.1. The molecule has 3 rings (SSSR count). The minimum Gasteiger partial charge on any atom is -0.496 e. The number of hydrogen-bond acceptors (Lipinski definition) is 4. The second kappa shape index (κ2) is 7.74. The molecule has 0 aliphatic carbocycles. The first kappa shape index (κ1) is 17.5. The van der Waals surface area contributed by atoms with Gasteiger partial charge in [0.15, 0.2) is 0 Å². The van der Waals surface area contributed by atoms with Crippen LogP contribution in [0.2, 0.25) is 0 Å². The van der Waals surface area contributed by atoms with Crippen molar-refractivity contribution in [3.63, 3.8) is 0 Å². The number of carbonyl (C=O) groups excluding carboxylic acids is 1. The van der Waals surface area contributed by atoms with E-state index in [0.29, 0.717) is 17.1 Å². The molecular formula is C20H18FN3O2. The Labute approximate surface area is 150 Å². The van der Waals surface area contributed by atoms with E-state index in [4.69, 9.17) is 4.74 Å². The normalized spacial score (nSPS) is 11.7. The Hall–Kier alpha value is -3.28. The molecule has 3 aromatic rings. The summed E-state index contributed by atoms with van der Waals surface area (Å²) in [6, 6.07) is 11.4. The third-order valence-electron chi connectivity index (χ3n) is 4.09. The molecule has 6 heteroatoms. The Morgan fingerprint density at radius 2 is 1.88 bits per heavy atom. The second-order valence-corrected chi connectivity index (χ2v) is 5.77. The van der Waals surface area contributed by atoms with Crippen molar-refractivity contribution >= 4 is 11.7 Å². The minimum atomic E-state index is -0.376. The molecule has 5 nitrogen and oxygen atoms in total. The molecule has 1 amide bonds. The highest BCUT2D eigenvalue weighted by molar-refractivity contribution is 5.95. The van der Waals surface area contributed by atoms with Gasteiger partial charge in [0.05, 0.1) is 13.0 Å². The molecule has 0 radical (unpaired) electrons. The summed E-state index contributed by atoms with van der Waals surface area (Å²) >= 11 is 0. The van der Waals surface area contributed by atoms with E-state index in [9.17, 15) is 9.18 Å². The summed E-state index contributed by atoms with van der Waals surface area (Å²) in [5.41, 5.74) is 2.35. The third kappa shape index (κ3) is 3.85. The summed E-state index contributed by atoms with van der Waals surface area (Å²) < 4.78 is 18.6. The quantitative estimate of drug-likeness (QED) is 0.754. The number of benzene rings is 1. The van der Waals surface area contributed by atoms with Gasteiger partial charge in [0.25, 0.3) is 0 Å². The first-order valence-electron chi connectivity index (χ1n) is 8.09. The fraction of sp³-hybridized carbons (Fsp3) is 0.150. The predicted molar refractivity (Wildman–Crippen MR) is 97.5 cm³/mol. The highest BCUT2D eigenvalue weighted by Crippen LogP contribution is 2.31. The van der Waals surface area contributed by atoms with Crippen molar-refractivity contribution in [3.8, 4) is 16.9 Å². The number of methoxy groups -OCH3 is 1. The zero-order valence-electron chi connectivity index (χ0n) is 14.4. The Bertz CT molecular complexity index is 916. The van der Waals surface area contributed by atoms with E-state index in [0.717, 1.165) is 11.1 Å². The summed E-state index contributed by atoms with van der Waals surface area (Å²) in [6.07, 6.45) is 4.89. The lowest BCUT2D eigenvalue weighted by Gasteiger charge is -2.13. The van der Waals surface area contributed by atoms with Crippen LogP contribution in [0, 0.1) is 5.82 Å². The van der Waals surface area contributed by atoms with Crippen molar-refractivity contribution in [2.75, 3.05) is 12.4 Å². The van der Waals surface area contributed by atoms with Gasteiger partial charge >= 0.3 is 0 Å². The SMILES string of the molecule is COc1cc(F)ccc1-c1ccnc(NC(=O)C(C)c2ccncc2)c1. The number of ether oxygens (including phenoxy) is 1. The second-order valence-electron chi connectivity index (χ2n) is 5.77. The third-order valence-corrected chi connectivity index (χ3v) is 4.09. The number of hydrogen-bond donors (Lipinski definition) is 1. The summed E-state index contributed by atoms with van der Waals surface area (Å²) in [4.78, 5) is 20.6. The predicted octanol–water partition coefficient (Wildman–Crippen LogP) is 4.03. The molecule has 1 N–H and O–H groups in total. The molecule has 0 fully saturated rings. The Kier molecular flexibility index (Phi) is 5.22. The molecule has 132 valence electrons. The molecule has 2 aromatic heterocycles. The summed E-state index contributed by atoms with van der Waals surface area (Å²) in [7, 11) is 1.48. The minimum absolute atomic E-state index is 0.174. The molecule has 1 aromatic carbocycles. The highest BCUT2D eigenvalue weighted by Gasteiger charge is 2.16. The van der Waals surface area contributed by atoms with Crippen molar-refractivity contribution in [3.05, 3.63) is 72.4 Å². The van der Waals surface area contributed by atoms with E-state index in [1.165, 1.54) is 19.2 Å². The zero-order valence-corrected chi connectivity index (χ0v) is 14.4. The van der Waals surface area contributed by atoms with Crippen LogP contribution in [-0.4, -0.2) is 23.0 Å². The van der Waals surface area contributed by atoms with Crippen LogP contribution in [0.15, 0.2) is 61.1 Å². The van der Waals surface area contributed by atoms with E-state index >= 15 is 0 Å². The monoisotopic (exact) mass is 351 g/mol. The lowest BCUT2D eigenvalue weighted by Crippen LogP contribution is -2.19. The largest absolute Gasteiger partial charge is 0.496 e. The standard InChI is InChI=1S/C20H18FN3O2/c1-13(14-5-8-22-9-6-14)20(25)24-19-11-15(7-10-23-19)17-4-3-16(21)12-18(17)26-2/h3-13H,1-2H3,(H,23,24,25). The molecule has 1 atom stereocenters. The van der Waals surface area contributed by atoms with Gasteiger partial charge in [-0.3, -0.25) is 9.78 Å². The smallest absolute Gasteiger partial charge is 0.232 e. The zero-order chi connectivity index (χ0) is 18.5. The maximum atomic E-state index is 13.4. The summed E-state index contributed by atoms with van der Waals surface area (Å²) in [5.74, 6) is -0.0616. The fourth-order valence-corrected chi connectivity index (χ4v) is 2.61. The number of carbonyl (C=O) groups is 1. The maximum absolute atomic E-state index is 13.4. The van der Waals surface area contributed by atoms with Crippen molar-refractivity contribution in [2.24, 2.45) is 0 Å². The number of nitrogens with zero attached hydrogens (tertiary/aromatic N) is 2. The van der Waals surface area contributed by atoms with Gasteiger partial charge in [-0.25, -0.2) is 9.37 Å².